The summed E-state index contributed by atoms with van der Waals surface area (Å²) in [4.78, 5) is 14.6. The Morgan fingerprint density at radius 3 is 2.24 bits per heavy atom. The minimum Gasteiger partial charge on any atom is -0.493 e. The summed E-state index contributed by atoms with van der Waals surface area (Å²) in [6.45, 7) is 1.79. The van der Waals surface area contributed by atoms with Gasteiger partial charge in [-0.05, 0) is 74.6 Å². The predicted molar refractivity (Wildman–Crippen MR) is 134 cm³/mol. The first-order chi connectivity index (χ1) is 17.5. The summed E-state index contributed by atoms with van der Waals surface area (Å²) in [7, 11) is -4.13. The molecule has 37 heavy (non-hydrogen) atoms. The number of carbonyl (C=O) groups excluding carboxylic acids is 1. The molecule has 2 aliphatic heterocycles. The molecule has 2 heterocycles. The van der Waals surface area contributed by atoms with E-state index in [4.69, 9.17) is 16.3 Å². The fourth-order valence-corrected chi connectivity index (χ4v) is 6.51. The van der Waals surface area contributed by atoms with Crippen molar-refractivity contribution in [2.24, 2.45) is 5.41 Å². The summed E-state index contributed by atoms with van der Waals surface area (Å²) in [5.41, 5.74) is -1.61. The highest BCUT2D eigenvalue weighted by molar-refractivity contribution is 7.89. The molecule has 202 valence electrons. The van der Waals surface area contributed by atoms with Gasteiger partial charge in [-0.15, -0.1) is 0 Å². The molecule has 0 unspecified atom stereocenters. The standard InChI is InChI=1S/C26H30ClF3N2O4S/c27-21-7-9-22(10-8-21)36-19-25(18-24(33)31-13-2-1-3-14-31)11-15-32(16-12-25)37(34,35)23-6-4-5-20(17-23)26(28,29)30/h4-10,17H,1-3,11-16,18-19H2. The summed E-state index contributed by atoms with van der Waals surface area (Å²) >= 11 is 5.96. The van der Waals surface area contributed by atoms with Gasteiger partial charge in [0.2, 0.25) is 15.9 Å². The number of sulfonamides is 1. The van der Waals surface area contributed by atoms with Gasteiger partial charge in [0.1, 0.15) is 5.75 Å². The van der Waals surface area contributed by atoms with Gasteiger partial charge in [0, 0.05) is 43.0 Å². The second kappa shape index (κ2) is 11.2. The van der Waals surface area contributed by atoms with E-state index in [-0.39, 0.29) is 32.0 Å². The molecule has 0 radical (unpaired) electrons. The van der Waals surface area contributed by atoms with Crippen molar-refractivity contribution in [2.75, 3.05) is 32.8 Å². The smallest absolute Gasteiger partial charge is 0.416 e. The zero-order valence-electron chi connectivity index (χ0n) is 20.3. The number of ether oxygens (including phenoxy) is 1. The molecule has 0 bridgehead atoms. The first-order valence-electron chi connectivity index (χ1n) is 12.3. The van der Waals surface area contributed by atoms with Gasteiger partial charge in [-0.1, -0.05) is 17.7 Å². The Hall–Kier alpha value is -2.30. The average molecular weight is 559 g/mol. The Kier molecular flexibility index (Phi) is 8.40. The van der Waals surface area contributed by atoms with Crippen LogP contribution in [0.5, 0.6) is 5.75 Å². The number of amides is 1. The molecule has 0 atom stereocenters. The third-order valence-corrected chi connectivity index (χ3v) is 9.32. The lowest BCUT2D eigenvalue weighted by Gasteiger charge is -2.42. The number of hydrogen-bond donors (Lipinski definition) is 0. The van der Waals surface area contributed by atoms with E-state index in [0.29, 0.717) is 42.8 Å². The number of nitrogens with zero attached hydrogens (tertiary/aromatic N) is 2. The van der Waals surface area contributed by atoms with Crippen LogP contribution in [-0.2, 0) is 21.0 Å². The van der Waals surface area contributed by atoms with Crippen molar-refractivity contribution in [1.82, 2.24) is 9.21 Å². The lowest BCUT2D eigenvalue weighted by atomic mass is 9.76. The monoisotopic (exact) mass is 558 g/mol. The molecular weight excluding hydrogens is 529 g/mol. The van der Waals surface area contributed by atoms with Gasteiger partial charge < -0.3 is 9.64 Å². The number of rotatable bonds is 7. The van der Waals surface area contributed by atoms with Crippen LogP contribution in [-0.4, -0.2) is 56.3 Å². The fourth-order valence-electron chi connectivity index (χ4n) is 4.90. The van der Waals surface area contributed by atoms with Gasteiger partial charge in [0.15, 0.2) is 0 Å². The largest absolute Gasteiger partial charge is 0.493 e. The number of piperidine rings is 2. The van der Waals surface area contributed by atoms with Crippen molar-refractivity contribution in [2.45, 2.75) is 49.6 Å². The van der Waals surface area contributed by atoms with Crippen molar-refractivity contribution in [1.29, 1.82) is 0 Å². The predicted octanol–water partition coefficient (Wildman–Crippen LogP) is 5.61. The van der Waals surface area contributed by atoms with Gasteiger partial charge in [0.25, 0.3) is 0 Å². The Labute approximate surface area is 220 Å². The van der Waals surface area contributed by atoms with Crippen LogP contribution < -0.4 is 4.74 Å². The molecule has 0 saturated carbocycles. The van der Waals surface area contributed by atoms with Crippen LogP contribution in [0.2, 0.25) is 5.02 Å². The van der Waals surface area contributed by atoms with Crippen molar-refractivity contribution >= 4 is 27.5 Å². The number of carbonyl (C=O) groups is 1. The molecule has 2 aromatic rings. The van der Waals surface area contributed by atoms with Crippen LogP contribution in [0.3, 0.4) is 0 Å². The van der Waals surface area contributed by atoms with Crippen molar-refractivity contribution in [3.63, 3.8) is 0 Å². The van der Waals surface area contributed by atoms with E-state index in [0.717, 1.165) is 31.4 Å². The highest BCUT2D eigenvalue weighted by Gasteiger charge is 2.42. The van der Waals surface area contributed by atoms with Gasteiger partial charge in [-0.3, -0.25) is 4.79 Å². The van der Waals surface area contributed by atoms with Crippen LogP contribution in [0, 0.1) is 5.41 Å². The van der Waals surface area contributed by atoms with E-state index in [1.807, 2.05) is 4.90 Å². The van der Waals surface area contributed by atoms with Crippen LogP contribution in [0.15, 0.2) is 53.4 Å². The molecule has 2 aromatic carbocycles. The number of hydrogen-bond acceptors (Lipinski definition) is 4. The number of likely N-dealkylation sites (tertiary alicyclic amines) is 1. The van der Waals surface area contributed by atoms with Crippen LogP contribution in [0.4, 0.5) is 13.2 Å². The molecule has 0 spiro atoms. The van der Waals surface area contributed by atoms with Gasteiger partial charge in [-0.25, -0.2) is 8.42 Å². The fraction of sp³-hybridized carbons (Fsp3) is 0.500. The molecule has 11 heteroatoms. The Balaban J connectivity index is 1.50. The second-order valence-electron chi connectivity index (χ2n) is 9.79. The molecule has 2 saturated heterocycles. The van der Waals surface area contributed by atoms with E-state index >= 15 is 0 Å². The SMILES string of the molecule is O=C(CC1(COc2ccc(Cl)cc2)CCN(S(=O)(=O)c2cccc(C(F)(F)F)c2)CC1)N1CCCCC1. The molecule has 2 aliphatic rings. The molecule has 2 fully saturated rings. The van der Waals surface area contributed by atoms with Gasteiger partial charge >= 0.3 is 6.18 Å². The minimum absolute atomic E-state index is 0.0218. The lowest BCUT2D eigenvalue weighted by Crippen LogP contribution is -2.48. The minimum atomic E-state index is -4.64. The summed E-state index contributed by atoms with van der Waals surface area (Å²) in [5, 5.41) is 0.565. The van der Waals surface area contributed by atoms with Crippen molar-refractivity contribution < 1.29 is 31.1 Å². The first kappa shape index (κ1) is 27.7. The molecular formula is C26H30ClF3N2O4S. The van der Waals surface area contributed by atoms with E-state index < -0.39 is 32.1 Å². The molecule has 0 aliphatic carbocycles. The van der Waals surface area contributed by atoms with E-state index in [9.17, 15) is 26.4 Å². The molecule has 1 amide bonds. The zero-order valence-corrected chi connectivity index (χ0v) is 21.9. The van der Waals surface area contributed by atoms with Crippen molar-refractivity contribution in [3.05, 3.63) is 59.1 Å². The first-order valence-corrected chi connectivity index (χ1v) is 14.1. The summed E-state index contributed by atoms with van der Waals surface area (Å²) in [5.74, 6) is 0.613. The zero-order chi connectivity index (χ0) is 26.7. The van der Waals surface area contributed by atoms with Gasteiger partial charge in [-0.2, -0.15) is 17.5 Å². The Bertz CT molecular complexity index is 1190. The second-order valence-corrected chi connectivity index (χ2v) is 12.2. The molecule has 4 rings (SSSR count). The molecule has 0 aromatic heterocycles. The maximum absolute atomic E-state index is 13.2. The van der Waals surface area contributed by atoms with Gasteiger partial charge in [0.05, 0.1) is 17.1 Å². The summed E-state index contributed by atoms with van der Waals surface area (Å²) in [6.07, 6.45) is -0.714. The Morgan fingerprint density at radius 1 is 0.973 bits per heavy atom. The topological polar surface area (TPSA) is 66.9 Å². The molecule has 6 nitrogen and oxygen atoms in total. The van der Waals surface area contributed by atoms with E-state index in [2.05, 4.69) is 0 Å². The van der Waals surface area contributed by atoms with E-state index in [1.54, 1.807) is 24.3 Å². The van der Waals surface area contributed by atoms with E-state index in [1.165, 1.54) is 10.4 Å². The Morgan fingerprint density at radius 2 is 1.62 bits per heavy atom. The van der Waals surface area contributed by atoms with Crippen LogP contribution in [0.1, 0.15) is 44.1 Å². The third kappa shape index (κ3) is 6.78. The quantitative estimate of drug-likeness (QED) is 0.443. The normalized spacial score (nSPS) is 19.0. The maximum atomic E-state index is 13.2. The van der Waals surface area contributed by atoms with Crippen LogP contribution in [0.25, 0.3) is 0 Å². The third-order valence-electron chi connectivity index (χ3n) is 7.18. The lowest BCUT2D eigenvalue weighted by molar-refractivity contribution is -0.138. The number of alkyl halides is 3. The number of halogens is 4. The highest BCUT2D eigenvalue weighted by Crippen LogP contribution is 2.39. The average Bonchev–Trinajstić information content (AvgIpc) is 2.89. The highest BCUT2D eigenvalue weighted by atomic mass is 35.5. The van der Waals surface area contributed by atoms with Crippen LogP contribution >= 0.6 is 11.6 Å². The van der Waals surface area contributed by atoms with Crippen molar-refractivity contribution in [3.8, 4) is 5.75 Å². The molecule has 0 N–H and O–H groups in total. The summed E-state index contributed by atoms with van der Waals surface area (Å²) < 4.78 is 73.1. The number of benzene rings is 2. The summed E-state index contributed by atoms with van der Waals surface area (Å²) in [6, 6.07) is 10.7. The maximum Gasteiger partial charge on any atom is 0.416 e.